The quantitative estimate of drug-likeness (QED) is 0.771. The summed E-state index contributed by atoms with van der Waals surface area (Å²) in [4.78, 5) is 19.4. The molecule has 4 rings (SSSR count). The molecule has 0 spiro atoms. The summed E-state index contributed by atoms with van der Waals surface area (Å²) in [6, 6.07) is 15.7. The van der Waals surface area contributed by atoms with Crippen LogP contribution in [-0.2, 0) is 0 Å². The zero-order valence-electron chi connectivity index (χ0n) is 15.3. The van der Waals surface area contributed by atoms with Crippen LogP contribution in [0, 0.1) is 0 Å². The van der Waals surface area contributed by atoms with Gasteiger partial charge in [0.15, 0.2) is 0 Å². The largest absolute Gasteiger partial charge is 0.497 e. The topological polar surface area (TPSA) is 71.1 Å². The van der Waals surface area contributed by atoms with Gasteiger partial charge in [0.25, 0.3) is 5.91 Å². The van der Waals surface area contributed by atoms with Gasteiger partial charge in [0.2, 0.25) is 0 Å². The minimum absolute atomic E-state index is 0.00325. The van der Waals surface area contributed by atoms with Crippen molar-refractivity contribution in [1.82, 2.24) is 20.1 Å². The van der Waals surface area contributed by atoms with Crippen molar-refractivity contribution < 1.29 is 9.53 Å². The van der Waals surface area contributed by atoms with E-state index < -0.39 is 0 Å². The molecule has 6 heteroatoms. The van der Waals surface area contributed by atoms with Crippen LogP contribution >= 0.6 is 0 Å². The summed E-state index contributed by atoms with van der Waals surface area (Å²) < 4.78 is 5.22. The van der Waals surface area contributed by atoms with Crippen LogP contribution in [0.25, 0.3) is 11.3 Å². The van der Waals surface area contributed by atoms with Crippen molar-refractivity contribution in [3.8, 4) is 17.0 Å². The van der Waals surface area contributed by atoms with Gasteiger partial charge in [-0.15, -0.1) is 0 Å². The van der Waals surface area contributed by atoms with E-state index >= 15 is 0 Å². The molecule has 0 radical (unpaired) electrons. The first-order valence-electron chi connectivity index (χ1n) is 9.14. The Kier molecular flexibility index (Phi) is 4.87. The molecule has 1 amide bonds. The van der Waals surface area contributed by atoms with E-state index in [-0.39, 0.29) is 11.8 Å². The third-order valence-corrected chi connectivity index (χ3v) is 5.01. The number of aromatic nitrogens is 3. The zero-order chi connectivity index (χ0) is 18.6. The van der Waals surface area contributed by atoms with Crippen molar-refractivity contribution in [3.05, 3.63) is 66.1 Å². The molecule has 3 aromatic rings. The first-order valence-corrected chi connectivity index (χ1v) is 9.14. The van der Waals surface area contributed by atoms with Gasteiger partial charge < -0.3 is 9.64 Å². The Bertz CT molecular complexity index is 906. The maximum atomic E-state index is 12.6. The predicted molar refractivity (Wildman–Crippen MR) is 103 cm³/mol. The molecule has 1 aliphatic heterocycles. The van der Waals surface area contributed by atoms with Crippen LogP contribution in [0.2, 0.25) is 0 Å². The summed E-state index contributed by atoms with van der Waals surface area (Å²) in [5, 5.41) is 6.64. The summed E-state index contributed by atoms with van der Waals surface area (Å²) in [5.74, 6) is 1.07. The molecule has 138 valence electrons. The van der Waals surface area contributed by atoms with E-state index in [0.717, 1.165) is 42.1 Å². The molecule has 27 heavy (non-hydrogen) atoms. The number of methoxy groups -OCH3 is 1. The molecule has 0 saturated carbocycles. The number of pyridine rings is 1. The van der Waals surface area contributed by atoms with Crippen LogP contribution in [0.3, 0.4) is 0 Å². The maximum absolute atomic E-state index is 12.6. The van der Waals surface area contributed by atoms with Crippen molar-refractivity contribution in [2.75, 3.05) is 20.2 Å². The highest BCUT2D eigenvalue weighted by atomic mass is 16.5. The van der Waals surface area contributed by atoms with Crippen molar-refractivity contribution in [2.45, 2.75) is 18.8 Å². The van der Waals surface area contributed by atoms with E-state index in [2.05, 4.69) is 16.3 Å². The van der Waals surface area contributed by atoms with Crippen molar-refractivity contribution >= 4 is 5.91 Å². The highest BCUT2D eigenvalue weighted by Crippen LogP contribution is 2.28. The molecule has 6 nitrogen and oxygen atoms in total. The standard InChI is InChI=1S/C21H22N4O2/c1-27-17-9-7-15(8-10-17)18-5-2-6-19(23-18)16-4-3-13-25(14-16)21(26)20-11-12-22-24-20/h2,5-12,16H,3-4,13-14H2,1H3,(H,22,24). The number of nitrogens with zero attached hydrogens (tertiary/aromatic N) is 3. The molecule has 3 heterocycles. The number of ether oxygens (including phenoxy) is 1. The molecular weight excluding hydrogens is 340 g/mol. The van der Waals surface area contributed by atoms with Crippen LogP contribution in [0.15, 0.2) is 54.7 Å². The smallest absolute Gasteiger partial charge is 0.271 e. The lowest BCUT2D eigenvalue weighted by Gasteiger charge is -2.32. The van der Waals surface area contributed by atoms with Gasteiger partial charge in [0.1, 0.15) is 11.4 Å². The number of H-pyrrole nitrogens is 1. The lowest BCUT2D eigenvalue weighted by atomic mass is 9.93. The van der Waals surface area contributed by atoms with Gasteiger partial charge in [-0.2, -0.15) is 5.10 Å². The van der Waals surface area contributed by atoms with E-state index in [1.807, 2.05) is 41.3 Å². The fraction of sp³-hybridized carbons (Fsp3) is 0.286. The number of carbonyl (C=O) groups excluding carboxylic acids is 1. The van der Waals surface area contributed by atoms with Crippen molar-refractivity contribution in [2.24, 2.45) is 0 Å². The van der Waals surface area contributed by atoms with Gasteiger partial charge in [-0.1, -0.05) is 6.07 Å². The maximum Gasteiger partial charge on any atom is 0.271 e. The second-order valence-electron chi connectivity index (χ2n) is 6.74. The van der Waals surface area contributed by atoms with E-state index in [1.165, 1.54) is 0 Å². The van der Waals surface area contributed by atoms with Gasteiger partial charge in [-0.05, 0) is 55.3 Å². The van der Waals surface area contributed by atoms with Crippen LogP contribution in [0.5, 0.6) is 5.75 Å². The average Bonchev–Trinajstić information content (AvgIpc) is 3.28. The second-order valence-corrected chi connectivity index (χ2v) is 6.74. The summed E-state index contributed by atoms with van der Waals surface area (Å²) in [6.07, 6.45) is 3.61. The Morgan fingerprint density at radius 2 is 2.04 bits per heavy atom. The van der Waals surface area contributed by atoms with Crippen molar-refractivity contribution in [3.63, 3.8) is 0 Å². The van der Waals surface area contributed by atoms with Gasteiger partial charge in [0, 0.05) is 36.5 Å². The molecule has 1 unspecified atom stereocenters. The number of nitrogens with one attached hydrogen (secondary N) is 1. The van der Waals surface area contributed by atoms with E-state index in [1.54, 1.807) is 19.4 Å². The molecule has 1 N–H and O–H groups in total. The summed E-state index contributed by atoms with van der Waals surface area (Å²) >= 11 is 0. The fourth-order valence-electron chi connectivity index (χ4n) is 3.55. The molecule has 1 fully saturated rings. The van der Waals surface area contributed by atoms with Gasteiger partial charge in [-0.3, -0.25) is 14.9 Å². The molecule has 2 aromatic heterocycles. The molecule has 1 aliphatic rings. The number of rotatable bonds is 4. The number of hydrogen-bond donors (Lipinski definition) is 1. The number of piperidine rings is 1. The summed E-state index contributed by atoms with van der Waals surface area (Å²) in [5.41, 5.74) is 3.56. The number of amides is 1. The number of aromatic amines is 1. The van der Waals surface area contributed by atoms with Crippen LogP contribution in [0.1, 0.15) is 34.9 Å². The van der Waals surface area contributed by atoms with Crippen LogP contribution in [-0.4, -0.2) is 46.2 Å². The number of benzene rings is 1. The second kappa shape index (κ2) is 7.61. The van der Waals surface area contributed by atoms with Crippen molar-refractivity contribution in [1.29, 1.82) is 0 Å². The van der Waals surface area contributed by atoms with E-state index in [0.29, 0.717) is 12.2 Å². The van der Waals surface area contributed by atoms with Gasteiger partial charge in [0.05, 0.1) is 12.8 Å². The van der Waals surface area contributed by atoms with E-state index in [9.17, 15) is 4.79 Å². The van der Waals surface area contributed by atoms with Crippen LogP contribution < -0.4 is 4.74 Å². The summed E-state index contributed by atoms with van der Waals surface area (Å²) in [7, 11) is 1.66. The minimum atomic E-state index is 0.00325. The normalized spacial score (nSPS) is 16.9. The lowest BCUT2D eigenvalue weighted by Crippen LogP contribution is -2.39. The zero-order valence-corrected chi connectivity index (χ0v) is 15.3. The number of carbonyl (C=O) groups is 1. The molecule has 1 atom stereocenters. The molecule has 0 bridgehead atoms. The Morgan fingerprint density at radius 3 is 2.78 bits per heavy atom. The first-order chi connectivity index (χ1) is 13.2. The Labute approximate surface area is 158 Å². The Morgan fingerprint density at radius 1 is 1.19 bits per heavy atom. The minimum Gasteiger partial charge on any atom is -0.497 e. The number of likely N-dealkylation sites (tertiary alicyclic amines) is 1. The SMILES string of the molecule is COc1ccc(-c2cccc(C3CCCN(C(=O)c4ccn[nH]4)C3)n2)cc1. The summed E-state index contributed by atoms with van der Waals surface area (Å²) in [6.45, 7) is 1.45. The monoisotopic (exact) mass is 362 g/mol. The molecular formula is C21H22N4O2. The van der Waals surface area contributed by atoms with Crippen LogP contribution in [0.4, 0.5) is 0 Å². The Balaban J connectivity index is 1.53. The van der Waals surface area contributed by atoms with Gasteiger partial charge in [-0.25, -0.2) is 0 Å². The van der Waals surface area contributed by atoms with E-state index in [4.69, 9.17) is 9.72 Å². The molecule has 1 aromatic carbocycles. The highest BCUT2D eigenvalue weighted by Gasteiger charge is 2.27. The molecule has 1 saturated heterocycles. The predicted octanol–water partition coefficient (Wildman–Crippen LogP) is 3.50. The lowest BCUT2D eigenvalue weighted by molar-refractivity contribution is 0.0700. The third kappa shape index (κ3) is 3.69. The first kappa shape index (κ1) is 17.3. The average molecular weight is 362 g/mol. The number of hydrogen-bond acceptors (Lipinski definition) is 4. The Hall–Kier alpha value is -3.15. The molecule has 0 aliphatic carbocycles. The van der Waals surface area contributed by atoms with Gasteiger partial charge >= 0.3 is 0 Å². The fourth-order valence-corrected chi connectivity index (χ4v) is 3.55. The third-order valence-electron chi connectivity index (χ3n) is 5.01. The highest BCUT2D eigenvalue weighted by molar-refractivity contribution is 5.92.